The molecule has 0 spiro atoms. The molecular formula is C28H26N4O4. The number of nitrogens with zero attached hydrogens (tertiary/aromatic N) is 4. The number of hydrogen-bond acceptors (Lipinski definition) is 6. The molecule has 0 atom stereocenters. The van der Waals surface area contributed by atoms with Gasteiger partial charge in [0.1, 0.15) is 0 Å². The third-order valence-corrected chi connectivity index (χ3v) is 4.25. The lowest BCUT2D eigenvalue weighted by molar-refractivity contribution is -0.137. The van der Waals surface area contributed by atoms with Crippen LogP contribution < -0.4 is 0 Å². The van der Waals surface area contributed by atoms with Crippen LogP contribution in [0.25, 0.3) is 0 Å². The lowest BCUT2D eigenvalue weighted by atomic mass is 10.2. The maximum atomic E-state index is 10.2. The number of benzene rings is 2. The molecule has 2 aromatic carbocycles. The zero-order chi connectivity index (χ0) is 25.8. The molecule has 36 heavy (non-hydrogen) atoms. The molecule has 0 fully saturated rings. The molecule has 0 saturated carbocycles. The maximum Gasteiger partial charge on any atom is 0.307 e. The van der Waals surface area contributed by atoms with Crippen molar-refractivity contribution in [3.8, 4) is 0 Å². The quantitative estimate of drug-likeness (QED) is 0.294. The Morgan fingerprint density at radius 1 is 0.611 bits per heavy atom. The van der Waals surface area contributed by atoms with Crippen LogP contribution in [0.4, 0.5) is 0 Å². The van der Waals surface area contributed by atoms with Gasteiger partial charge < -0.3 is 10.2 Å². The van der Waals surface area contributed by atoms with E-state index in [2.05, 4.69) is 20.2 Å². The van der Waals surface area contributed by atoms with Crippen LogP contribution in [0, 0.1) is 0 Å². The van der Waals surface area contributed by atoms with Gasteiger partial charge in [0.15, 0.2) is 0 Å². The predicted molar refractivity (Wildman–Crippen MR) is 139 cm³/mol. The van der Waals surface area contributed by atoms with Crippen LogP contribution >= 0.6 is 0 Å². The normalized spacial score (nSPS) is 10.1. The van der Waals surface area contributed by atoms with Crippen molar-refractivity contribution in [1.82, 2.24) is 9.97 Å². The van der Waals surface area contributed by atoms with Crippen LogP contribution in [0.2, 0.25) is 0 Å². The highest BCUT2D eigenvalue weighted by Crippen LogP contribution is 1.99. The van der Waals surface area contributed by atoms with Gasteiger partial charge in [-0.2, -0.15) is 10.2 Å². The molecule has 0 aliphatic rings. The average Bonchev–Trinajstić information content (AvgIpc) is 2.89. The van der Waals surface area contributed by atoms with Gasteiger partial charge in [-0.25, -0.2) is 0 Å². The molecule has 4 aromatic rings. The third-order valence-electron chi connectivity index (χ3n) is 4.25. The summed E-state index contributed by atoms with van der Waals surface area (Å²) in [6, 6.07) is 25.8. The summed E-state index contributed by atoms with van der Waals surface area (Å²) in [5.74, 6) is -1.57. The van der Waals surface area contributed by atoms with Crippen LogP contribution in [0.3, 0.4) is 0 Å². The standard InChI is InChI=1S/C12H10N4.2C8H8O2/c1-3-11(7-13-5-1)9-15-16-10-12-4-2-6-14-8-12;2*9-8(10)6-7-4-2-1-3-5-7/h1-10H;2*1-5H,6H2,(H,9,10)/b15-9+,16-10+;;. The van der Waals surface area contributed by atoms with E-state index in [0.717, 1.165) is 22.3 Å². The summed E-state index contributed by atoms with van der Waals surface area (Å²) in [6.07, 6.45) is 10.4. The molecule has 0 aliphatic carbocycles. The van der Waals surface area contributed by atoms with Gasteiger partial charge in [0.05, 0.1) is 25.3 Å². The van der Waals surface area contributed by atoms with E-state index in [4.69, 9.17) is 10.2 Å². The first-order valence-electron chi connectivity index (χ1n) is 10.9. The number of carboxylic acid groups (broad SMARTS) is 2. The van der Waals surface area contributed by atoms with Crippen molar-refractivity contribution in [2.75, 3.05) is 0 Å². The highest BCUT2D eigenvalue weighted by Gasteiger charge is 1.97. The first-order valence-corrected chi connectivity index (χ1v) is 10.9. The number of pyridine rings is 2. The van der Waals surface area contributed by atoms with E-state index in [1.807, 2.05) is 60.7 Å². The Labute approximate surface area is 209 Å². The minimum Gasteiger partial charge on any atom is -0.481 e. The second kappa shape index (κ2) is 16.6. The van der Waals surface area contributed by atoms with Crippen molar-refractivity contribution in [3.63, 3.8) is 0 Å². The van der Waals surface area contributed by atoms with E-state index in [1.54, 1.807) is 61.5 Å². The minimum absolute atomic E-state index is 0.112. The fourth-order valence-corrected chi connectivity index (χ4v) is 2.65. The minimum atomic E-state index is -0.786. The summed E-state index contributed by atoms with van der Waals surface area (Å²) in [5.41, 5.74) is 3.53. The Kier molecular flexibility index (Phi) is 12.6. The number of aliphatic carboxylic acids is 2. The molecule has 0 aliphatic heterocycles. The van der Waals surface area contributed by atoms with Crippen LogP contribution in [0.15, 0.2) is 120 Å². The molecule has 2 heterocycles. The lowest BCUT2D eigenvalue weighted by Gasteiger charge is -1.92. The fourth-order valence-electron chi connectivity index (χ4n) is 2.65. The molecule has 8 nitrogen and oxygen atoms in total. The summed E-state index contributed by atoms with van der Waals surface area (Å²) >= 11 is 0. The second-order valence-electron chi connectivity index (χ2n) is 7.17. The smallest absolute Gasteiger partial charge is 0.307 e. The largest absolute Gasteiger partial charge is 0.481 e. The van der Waals surface area contributed by atoms with E-state index < -0.39 is 11.9 Å². The predicted octanol–water partition coefficient (Wildman–Crippen LogP) is 4.56. The molecule has 182 valence electrons. The second-order valence-corrected chi connectivity index (χ2v) is 7.17. The van der Waals surface area contributed by atoms with Crippen molar-refractivity contribution in [1.29, 1.82) is 0 Å². The van der Waals surface area contributed by atoms with Crippen molar-refractivity contribution in [2.24, 2.45) is 10.2 Å². The van der Waals surface area contributed by atoms with Gasteiger partial charge in [-0.3, -0.25) is 19.6 Å². The van der Waals surface area contributed by atoms with Crippen molar-refractivity contribution < 1.29 is 19.8 Å². The highest BCUT2D eigenvalue weighted by atomic mass is 16.4. The summed E-state index contributed by atoms with van der Waals surface area (Å²) in [4.78, 5) is 28.3. The first kappa shape index (κ1) is 27.3. The summed E-state index contributed by atoms with van der Waals surface area (Å²) < 4.78 is 0. The molecule has 0 radical (unpaired) electrons. The molecule has 8 heteroatoms. The van der Waals surface area contributed by atoms with Crippen LogP contribution in [0.5, 0.6) is 0 Å². The topological polar surface area (TPSA) is 125 Å². The molecule has 4 rings (SSSR count). The highest BCUT2D eigenvalue weighted by molar-refractivity contribution is 5.82. The van der Waals surface area contributed by atoms with Crippen LogP contribution in [0.1, 0.15) is 22.3 Å². The number of aromatic nitrogens is 2. The number of carbonyl (C=O) groups is 2. The van der Waals surface area contributed by atoms with Crippen molar-refractivity contribution >= 4 is 24.4 Å². The van der Waals surface area contributed by atoms with E-state index in [0.29, 0.717) is 0 Å². The molecular weight excluding hydrogens is 456 g/mol. The maximum absolute atomic E-state index is 10.2. The van der Waals surface area contributed by atoms with Gasteiger partial charge >= 0.3 is 11.9 Å². The summed E-state index contributed by atoms with van der Waals surface area (Å²) in [7, 11) is 0. The third kappa shape index (κ3) is 12.9. The SMILES string of the molecule is C(=N\N=C\c1cccnc1)/c1cccnc1.O=C(O)Cc1ccccc1.O=C(O)Cc1ccccc1. The fraction of sp³-hybridized carbons (Fsp3) is 0.0714. The van der Waals surface area contributed by atoms with E-state index in [1.165, 1.54) is 0 Å². The van der Waals surface area contributed by atoms with E-state index in [-0.39, 0.29) is 12.8 Å². The van der Waals surface area contributed by atoms with E-state index >= 15 is 0 Å². The Balaban J connectivity index is 0.000000200. The lowest BCUT2D eigenvalue weighted by Crippen LogP contribution is -1.98. The zero-order valence-corrected chi connectivity index (χ0v) is 19.5. The average molecular weight is 483 g/mol. The van der Waals surface area contributed by atoms with Gasteiger partial charge in [0, 0.05) is 35.9 Å². The van der Waals surface area contributed by atoms with Crippen LogP contribution in [-0.4, -0.2) is 44.5 Å². The number of rotatable bonds is 7. The Hall–Kier alpha value is -4.98. The Morgan fingerprint density at radius 3 is 1.31 bits per heavy atom. The summed E-state index contributed by atoms with van der Waals surface area (Å²) in [5, 5.41) is 24.6. The van der Waals surface area contributed by atoms with Gasteiger partial charge in [0.25, 0.3) is 0 Å². The number of hydrogen-bond donors (Lipinski definition) is 2. The van der Waals surface area contributed by atoms with Gasteiger partial charge in [-0.15, -0.1) is 0 Å². The monoisotopic (exact) mass is 482 g/mol. The van der Waals surface area contributed by atoms with Gasteiger partial charge in [-0.1, -0.05) is 72.8 Å². The molecule has 2 aromatic heterocycles. The van der Waals surface area contributed by atoms with Crippen molar-refractivity contribution in [3.05, 3.63) is 132 Å². The molecule has 0 amide bonds. The Bertz CT molecular complexity index is 1120. The van der Waals surface area contributed by atoms with E-state index in [9.17, 15) is 9.59 Å². The molecule has 2 N–H and O–H groups in total. The van der Waals surface area contributed by atoms with Crippen molar-refractivity contribution in [2.45, 2.75) is 12.8 Å². The molecule has 0 bridgehead atoms. The first-order chi connectivity index (χ1) is 17.5. The Morgan fingerprint density at radius 2 is 1.00 bits per heavy atom. The summed E-state index contributed by atoms with van der Waals surface area (Å²) in [6.45, 7) is 0. The van der Waals surface area contributed by atoms with Gasteiger partial charge in [0.2, 0.25) is 0 Å². The van der Waals surface area contributed by atoms with Gasteiger partial charge in [-0.05, 0) is 23.3 Å². The molecule has 0 unspecified atom stereocenters. The molecule has 0 saturated heterocycles. The zero-order valence-electron chi connectivity index (χ0n) is 19.5. The number of carboxylic acids is 2. The van der Waals surface area contributed by atoms with Crippen LogP contribution in [-0.2, 0) is 22.4 Å².